The maximum Gasteiger partial charge on any atom is 0.303 e. The predicted molar refractivity (Wildman–Crippen MR) is 106 cm³/mol. The van der Waals surface area contributed by atoms with Crippen molar-refractivity contribution in [2.24, 2.45) is 0 Å². The van der Waals surface area contributed by atoms with E-state index < -0.39 is 5.97 Å². The number of carbonyl (C=O) groups is 1. The van der Waals surface area contributed by atoms with Crippen LogP contribution in [0.3, 0.4) is 0 Å². The Kier molecular flexibility index (Phi) is 6.21. The van der Waals surface area contributed by atoms with E-state index in [2.05, 4.69) is 24.0 Å². The van der Waals surface area contributed by atoms with E-state index in [0.29, 0.717) is 18.9 Å². The summed E-state index contributed by atoms with van der Waals surface area (Å²) in [5.74, 6) is -0.189. The molecule has 1 heterocycles. The Labute approximate surface area is 159 Å². The van der Waals surface area contributed by atoms with Gasteiger partial charge in [-0.1, -0.05) is 61.5 Å². The zero-order valence-electron chi connectivity index (χ0n) is 15.4. The van der Waals surface area contributed by atoms with Gasteiger partial charge in [-0.2, -0.15) is 0 Å². The van der Waals surface area contributed by atoms with Gasteiger partial charge in [0, 0.05) is 18.1 Å². The summed E-state index contributed by atoms with van der Waals surface area (Å²) in [5, 5.41) is 8.75. The van der Waals surface area contributed by atoms with Gasteiger partial charge in [-0.3, -0.25) is 4.79 Å². The zero-order valence-corrected chi connectivity index (χ0v) is 15.4. The van der Waals surface area contributed by atoms with Crippen LogP contribution in [0.2, 0.25) is 0 Å². The minimum Gasteiger partial charge on any atom is -0.481 e. The summed E-state index contributed by atoms with van der Waals surface area (Å²) in [6.45, 7) is 2.56. The highest BCUT2D eigenvalue weighted by atomic mass is 16.5. The summed E-state index contributed by atoms with van der Waals surface area (Å²) in [5.41, 5.74) is 5.34. The molecule has 0 spiro atoms. The molecule has 4 heteroatoms. The van der Waals surface area contributed by atoms with E-state index in [-0.39, 0.29) is 6.42 Å². The van der Waals surface area contributed by atoms with E-state index in [0.717, 1.165) is 28.8 Å². The van der Waals surface area contributed by atoms with Gasteiger partial charge in [0.25, 0.3) is 0 Å². The second-order valence-corrected chi connectivity index (χ2v) is 6.37. The summed E-state index contributed by atoms with van der Waals surface area (Å²) in [6.07, 6.45) is 1.64. The minimum absolute atomic E-state index is 0.145. The van der Waals surface area contributed by atoms with Crippen LogP contribution >= 0.6 is 0 Å². The summed E-state index contributed by atoms with van der Waals surface area (Å²) < 4.78 is 5.86. The van der Waals surface area contributed by atoms with Gasteiger partial charge < -0.3 is 9.84 Å². The minimum atomic E-state index is -0.780. The van der Waals surface area contributed by atoms with Gasteiger partial charge in [0.1, 0.15) is 6.61 Å². The number of nitrogens with zero attached hydrogens (tertiary/aromatic N) is 1. The molecule has 2 aromatic carbocycles. The van der Waals surface area contributed by atoms with Gasteiger partial charge in [0.15, 0.2) is 0 Å². The molecular weight excluding hydrogens is 338 g/mol. The third-order valence-electron chi connectivity index (χ3n) is 4.43. The molecule has 0 atom stereocenters. The van der Waals surface area contributed by atoms with E-state index in [4.69, 9.17) is 9.84 Å². The Hall–Kier alpha value is -3.14. The average molecular weight is 361 g/mol. The highest BCUT2D eigenvalue weighted by Crippen LogP contribution is 2.24. The number of hydrogen-bond acceptors (Lipinski definition) is 3. The lowest BCUT2D eigenvalue weighted by Crippen LogP contribution is -2.00. The second-order valence-electron chi connectivity index (χ2n) is 6.37. The molecule has 0 unspecified atom stereocenters. The van der Waals surface area contributed by atoms with Crippen LogP contribution in [0.5, 0.6) is 5.88 Å². The fourth-order valence-corrected chi connectivity index (χ4v) is 2.93. The molecule has 1 N–H and O–H groups in total. The van der Waals surface area contributed by atoms with Gasteiger partial charge >= 0.3 is 5.97 Å². The van der Waals surface area contributed by atoms with Crippen LogP contribution < -0.4 is 4.74 Å². The highest BCUT2D eigenvalue weighted by Gasteiger charge is 2.06. The maximum atomic E-state index is 10.6. The molecule has 0 aliphatic carbocycles. The SMILES string of the molecule is CCc1ccccc1-c1cccc(OCc2ccc(CCC(=O)O)cc2)n1. The molecule has 0 bridgehead atoms. The number of pyridine rings is 1. The van der Waals surface area contributed by atoms with E-state index >= 15 is 0 Å². The Morgan fingerprint density at radius 3 is 2.44 bits per heavy atom. The second kappa shape index (κ2) is 8.99. The van der Waals surface area contributed by atoms with Crippen molar-refractivity contribution in [2.75, 3.05) is 0 Å². The van der Waals surface area contributed by atoms with Crippen molar-refractivity contribution < 1.29 is 14.6 Å². The van der Waals surface area contributed by atoms with Crippen molar-refractivity contribution in [3.63, 3.8) is 0 Å². The van der Waals surface area contributed by atoms with Gasteiger partial charge in [-0.05, 0) is 35.6 Å². The fraction of sp³-hybridized carbons (Fsp3) is 0.217. The van der Waals surface area contributed by atoms with Crippen LogP contribution in [0.25, 0.3) is 11.3 Å². The molecule has 3 aromatic rings. The molecule has 0 fully saturated rings. The lowest BCUT2D eigenvalue weighted by atomic mass is 10.0. The van der Waals surface area contributed by atoms with Crippen LogP contribution in [-0.4, -0.2) is 16.1 Å². The number of aryl methyl sites for hydroxylation is 2. The Bertz CT molecular complexity index is 904. The topological polar surface area (TPSA) is 59.4 Å². The number of hydrogen-bond donors (Lipinski definition) is 1. The molecule has 138 valence electrons. The van der Waals surface area contributed by atoms with Crippen molar-refractivity contribution in [3.05, 3.63) is 83.4 Å². The molecular formula is C23H23NO3. The van der Waals surface area contributed by atoms with Crippen LogP contribution in [0, 0.1) is 0 Å². The zero-order chi connectivity index (χ0) is 19.1. The van der Waals surface area contributed by atoms with Crippen LogP contribution in [0.15, 0.2) is 66.7 Å². The van der Waals surface area contributed by atoms with Crippen LogP contribution in [0.4, 0.5) is 0 Å². The molecule has 3 rings (SSSR count). The first-order valence-electron chi connectivity index (χ1n) is 9.13. The molecule has 0 saturated carbocycles. The Morgan fingerprint density at radius 1 is 0.963 bits per heavy atom. The van der Waals surface area contributed by atoms with Crippen molar-refractivity contribution in [2.45, 2.75) is 32.8 Å². The molecule has 0 aliphatic rings. The van der Waals surface area contributed by atoms with E-state index in [1.54, 1.807) is 0 Å². The number of carboxylic acid groups (broad SMARTS) is 1. The first-order chi connectivity index (χ1) is 13.2. The van der Waals surface area contributed by atoms with E-state index in [1.165, 1.54) is 5.56 Å². The molecule has 27 heavy (non-hydrogen) atoms. The standard InChI is InChI=1S/C23H23NO3/c1-2-19-6-3-4-7-20(19)21-8-5-9-22(24-21)27-16-18-12-10-17(11-13-18)14-15-23(25)26/h3-13H,2,14-16H2,1H3,(H,25,26). The molecule has 1 aromatic heterocycles. The van der Waals surface area contributed by atoms with Gasteiger partial charge in [-0.15, -0.1) is 0 Å². The molecule has 0 amide bonds. The van der Waals surface area contributed by atoms with Crippen molar-refractivity contribution >= 4 is 5.97 Å². The molecule has 0 aliphatic heterocycles. The van der Waals surface area contributed by atoms with Gasteiger partial charge in [0.2, 0.25) is 5.88 Å². The number of aliphatic carboxylic acids is 1. The van der Waals surface area contributed by atoms with E-state index in [9.17, 15) is 4.79 Å². The smallest absolute Gasteiger partial charge is 0.303 e. The summed E-state index contributed by atoms with van der Waals surface area (Å²) in [6, 6.07) is 21.9. The quantitative estimate of drug-likeness (QED) is 0.619. The first kappa shape index (κ1) is 18.6. The number of benzene rings is 2. The maximum absolute atomic E-state index is 10.6. The average Bonchev–Trinajstić information content (AvgIpc) is 2.71. The number of ether oxygens (including phenoxy) is 1. The molecule has 0 radical (unpaired) electrons. The number of rotatable bonds is 8. The first-order valence-corrected chi connectivity index (χ1v) is 9.13. The Morgan fingerprint density at radius 2 is 1.70 bits per heavy atom. The van der Waals surface area contributed by atoms with Crippen molar-refractivity contribution in [1.82, 2.24) is 4.98 Å². The normalized spacial score (nSPS) is 10.6. The van der Waals surface area contributed by atoms with Gasteiger partial charge in [0.05, 0.1) is 5.69 Å². The summed E-state index contributed by atoms with van der Waals surface area (Å²) in [7, 11) is 0. The van der Waals surface area contributed by atoms with Crippen molar-refractivity contribution in [3.8, 4) is 17.1 Å². The Balaban J connectivity index is 1.66. The molecule has 0 saturated heterocycles. The lowest BCUT2D eigenvalue weighted by molar-refractivity contribution is -0.136. The lowest BCUT2D eigenvalue weighted by Gasteiger charge is -2.10. The third kappa shape index (κ3) is 5.17. The van der Waals surface area contributed by atoms with Crippen LogP contribution in [0.1, 0.15) is 30.0 Å². The third-order valence-corrected chi connectivity index (χ3v) is 4.43. The summed E-state index contributed by atoms with van der Waals surface area (Å²) >= 11 is 0. The van der Waals surface area contributed by atoms with Crippen LogP contribution in [-0.2, 0) is 24.2 Å². The number of aromatic nitrogens is 1. The fourth-order valence-electron chi connectivity index (χ4n) is 2.93. The highest BCUT2D eigenvalue weighted by molar-refractivity contribution is 5.67. The van der Waals surface area contributed by atoms with E-state index in [1.807, 2.05) is 54.6 Å². The van der Waals surface area contributed by atoms with Crippen molar-refractivity contribution in [1.29, 1.82) is 0 Å². The summed E-state index contributed by atoms with van der Waals surface area (Å²) in [4.78, 5) is 15.3. The predicted octanol–water partition coefficient (Wildman–Crippen LogP) is 4.91. The largest absolute Gasteiger partial charge is 0.481 e. The van der Waals surface area contributed by atoms with Gasteiger partial charge in [-0.25, -0.2) is 4.98 Å². The molecule has 4 nitrogen and oxygen atoms in total. The monoisotopic (exact) mass is 361 g/mol. The number of carboxylic acids is 1.